The molecule has 4 rings (SSSR count). The molecule has 0 fully saturated rings. The van der Waals surface area contributed by atoms with Crippen LogP contribution in [0.2, 0.25) is 0 Å². The molecule has 0 radical (unpaired) electrons. The number of carbonyl (C=O) groups is 1. The molecule has 1 heterocycles. The second-order valence-corrected chi connectivity index (χ2v) is 10.5. The normalized spacial score (nSPS) is 14.0. The minimum absolute atomic E-state index is 0. The molecule has 39 heavy (non-hydrogen) atoms. The number of hydrogen-bond donors (Lipinski definition) is 2. The van der Waals surface area contributed by atoms with Crippen LogP contribution in [0, 0.1) is 12.7 Å². The highest BCUT2D eigenvalue weighted by Gasteiger charge is 2.38. The molecule has 0 unspecified atom stereocenters. The second kappa shape index (κ2) is 10.9. The first-order chi connectivity index (χ1) is 18.4. The Morgan fingerprint density at radius 1 is 1.13 bits per heavy atom. The number of nitrogens with zero attached hydrogens (tertiary/aromatic N) is 1. The Balaban J connectivity index is 0.00000294. The summed E-state index contributed by atoms with van der Waals surface area (Å²) >= 11 is 0. The quantitative estimate of drug-likeness (QED) is 0.290. The number of anilines is 2. The van der Waals surface area contributed by atoms with E-state index in [1.807, 2.05) is 58.9 Å². The van der Waals surface area contributed by atoms with E-state index in [1.54, 1.807) is 31.2 Å². The van der Waals surface area contributed by atoms with Crippen LogP contribution in [-0.4, -0.2) is 31.6 Å². The van der Waals surface area contributed by atoms with Crippen LogP contribution >= 0.6 is 0 Å². The van der Waals surface area contributed by atoms with Crippen LogP contribution < -0.4 is 29.7 Å². The Morgan fingerprint density at radius 2 is 1.85 bits per heavy atom. The van der Waals surface area contributed by atoms with Crippen molar-refractivity contribution in [1.82, 2.24) is 5.32 Å². The van der Waals surface area contributed by atoms with Gasteiger partial charge in [0, 0.05) is 39.2 Å². The van der Waals surface area contributed by atoms with Crippen molar-refractivity contribution in [3.8, 4) is 28.4 Å². The van der Waals surface area contributed by atoms with Crippen molar-refractivity contribution in [3.63, 3.8) is 0 Å². The Kier molecular flexibility index (Phi) is 7.77. The molecule has 3 aromatic carbocycles. The molecular weight excluding hydrogens is 497 g/mol. The van der Waals surface area contributed by atoms with E-state index in [-0.39, 0.29) is 27.2 Å². The zero-order valence-electron chi connectivity index (χ0n) is 23.6. The Morgan fingerprint density at radius 3 is 2.54 bits per heavy atom. The number of nitrogens with one attached hydrogen (secondary N) is 2. The molecule has 1 amide bonds. The summed E-state index contributed by atoms with van der Waals surface area (Å²) in [6.07, 6.45) is 0. The van der Waals surface area contributed by atoms with Crippen LogP contribution in [-0.2, 0) is 11.4 Å². The first-order valence-corrected chi connectivity index (χ1v) is 12.8. The Bertz CT molecular complexity index is 1430. The molecule has 0 spiro atoms. The summed E-state index contributed by atoms with van der Waals surface area (Å²) in [7, 11) is 3.35. The van der Waals surface area contributed by atoms with E-state index in [1.165, 1.54) is 12.1 Å². The van der Waals surface area contributed by atoms with Crippen molar-refractivity contribution in [2.75, 3.05) is 24.4 Å². The van der Waals surface area contributed by atoms with Gasteiger partial charge in [0.05, 0.1) is 18.5 Å². The number of likely N-dealkylation sites (N-methyl/N-ethyl adjacent to an activating group) is 1. The third kappa shape index (κ3) is 5.79. The number of halogens is 1. The fraction of sp³-hybridized carbons (Fsp3) is 0.323. The summed E-state index contributed by atoms with van der Waals surface area (Å²) in [5.74, 6) is 1.54. The van der Waals surface area contributed by atoms with Crippen molar-refractivity contribution in [3.05, 3.63) is 77.9 Å². The molecule has 0 bridgehead atoms. The molecule has 210 valence electrons. The highest BCUT2D eigenvalue weighted by molar-refractivity contribution is 6.08. The predicted molar refractivity (Wildman–Crippen MR) is 157 cm³/mol. The topological polar surface area (TPSA) is 72.1 Å². The zero-order chi connectivity index (χ0) is 28.5. The molecule has 0 aromatic heterocycles. The van der Waals surface area contributed by atoms with Crippen molar-refractivity contribution in [1.29, 1.82) is 0 Å². The number of carbonyl (C=O) groups excluding carboxylic acids is 1. The summed E-state index contributed by atoms with van der Waals surface area (Å²) < 4.78 is 31.8. The van der Waals surface area contributed by atoms with Gasteiger partial charge in [-0.15, -0.1) is 0 Å². The minimum Gasteiger partial charge on any atom is -0.496 e. The summed E-state index contributed by atoms with van der Waals surface area (Å²) in [6.45, 7) is 13.6. The lowest BCUT2D eigenvalue weighted by Gasteiger charge is -2.39. The average molecular weight is 538 g/mol. The lowest BCUT2D eigenvalue weighted by atomic mass is 9.91. The molecular formula is C31H40FN3O4. The van der Waals surface area contributed by atoms with Gasteiger partial charge in [-0.1, -0.05) is 12.1 Å². The van der Waals surface area contributed by atoms with Gasteiger partial charge in [-0.05, 0) is 76.6 Å². The SMILES string of the molecule is C=C(NC(C)C)Oc1ccc(-c2ccc3c(c2COc2cc(F)ccc2C)N(C)C(=O)C(C)(C)N3)c(OC)c1.[HH].[HH]. The maximum atomic E-state index is 14.0. The molecule has 1 aliphatic heterocycles. The standard InChI is InChI=1S/C31H36FN3O4.2H2/c1-18(2)33-20(4)39-22-11-12-24(28(16-22)37-8)23-13-14-26-29(35(7)30(36)31(5,6)34-26)25(23)17-38-27-15-21(32)10-9-19(27)3;;/h9-16,18,33-34H,4,17H2,1-3,5-8H3;2*1H. The van der Waals surface area contributed by atoms with E-state index in [2.05, 4.69) is 17.2 Å². The van der Waals surface area contributed by atoms with Crippen LogP contribution in [0.1, 0.15) is 41.7 Å². The van der Waals surface area contributed by atoms with Crippen LogP contribution in [0.4, 0.5) is 15.8 Å². The fourth-order valence-corrected chi connectivity index (χ4v) is 4.76. The van der Waals surface area contributed by atoms with E-state index in [0.717, 1.165) is 27.9 Å². The number of ether oxygens (including phenoxy) is 3. The number of benzene rings is 3. The molecule has 2 N–H and O–H groups in total. The highest BCUT2D eigenvalue weighted by atomic mass is 19.1. The monoisotopic (exact) mass is 537 g/mol. The van der Waals surface area contributed by atoms with Gasteiger partial charge in [-0.3, -0.25) is 4.79 Å². The van der Waals surface area contributed by atoms with Gasteiger partial charge < -0.3 is 29.7 Å². The number of hydrogen-bond acceptors (Lipinski definition) is 6. The lowest BCUT2D eigenvalue weighted by Crippen LogP contribution is -2.52. The van der Waals surface area contributed by atoms with Gasteiger partial charge in [0.15, 0.2) is 5.88 Å². The lowest BCUT2D eigenvalue weighted by molar-refractivity contribution is -0.121. The van der Waals surface area contributed by atoms with Crippen molar-refractivity contribution in [2.24, 2.45) is 0 Å². The molecule has 0 atom stereocenters. The van der Waals surface area contributed by atoms with Crippen molar-refractivity contribution >= 4 is 17.3 Å². The van der Waals surface area contributed by atoms with Gasteiger partial charge >= 0.3 is 0 Å². The van der Waals surface area contributed by atoms with E-state index >= 15 is 0 Å². The Labute approximate surface area is 232 Å². The molecule has 0 saturated carbocycles. The second-order valence-electron chi connectivity index (χ2n) is 10.5. The average Bonchev–Trinajstić information content (AvgIpc) is 2.87. The van der Waals surface area contributed by atoms with Gasteiger partial charge in [0.25, 0.3) is 5.91 Å². The predicted octanol–water partition coefficient (Wildman–Crippen LogP) is 6.90. The van der Waals surface area contributed by atoms with Gasteiger partial charge in [0.2, 0.25) is 0 Å². The van der Waals surface area contributed by atoms with Gasteiger partial charge in [-0.25, -0.2) is 4.39 Å². The largest absolute Gasteiger partial charge is 0.496 e. The smallest absolute Gasteiger partial charge is 0.251 e. The van der Waals surface area contributed by atoms with E-state index in [0.29, 0.717) is 28.8 Å². The Hall–Kier alpha value is -4.20. The molecule has 7 nitrogen and oxygen atoms in total. The first-order valence-electron chi connectivity index (χ1n) is 12.8. The summed E-state index contributed by atoms with van der Waals surface area (Å²) in [5, 5.41) is 6.48. The van der Waals surface area contributed by atoms with Crippen LogP contribution in [0.15, 0.2) is 61.0 Å². The summed E-state index contributed by atoms with van der Waals surface area (Å²) in [5.41, 5.74) is 3.89. The highest BCUT2D eigenvalue weighted by Crippen LogP contribution is 2.45. The van der Waals surface area contributed by atoms with Crippen LogP contribution in [0.3, 0.4) is 0 Å². The molecule has 3 aromatic rings. The summed E-state index contributed by atoms with van der Waals surface area (Å²) in [6, 6.07) is 14.1. The number of fused-ring (bicyclic) bond motifs is 1. The summed E-state index contributed by atoms with van der Waals surface area (Å²) in [4.78, 5) is 14.9. The van der Waals surface area contributed by atoms with E-state index in [9.17, 15) is 9.18 Å². The van der Waals surface area contributed by atoms with Crippen LogP contribution in [0.25, 0.3) is 11.1 Å². The van der Waals surface area contributed by atoms with E-state index < -0.39 is 5.54 Å². The zero-order valence-corrected chi connectivity index (χ0v) is 23.6. The molecule has 8 heteroatoms. The fourth-order valence-electron chi connectivity index (χ4n) is 4.76. The first kappa shape index (κ1) is 27.8. The van der Waals surface area contributed by atoms with Crippen molar-refractivity contribution < 1.29 is 26.2 Å². The third-order valence-electron chi connectivity index (χ3n) is 6.58. The third-order valence-corrected chi connectivity index (χ3v) is 6.58. The van der Waals surface area contributed by atoms with E-state index in [4.69, 9.17) is 14.2 Å². The maximum Gasteiger partial charge on any atom is 0.251 e. The molecule has 1 aliphatic rings. The van der Waals surface area contributed by atoms with Crippen molar-refractivity contribution in [2.45, 2.75) is 52.8 Å². The van der Waals surface area contributed by atoms with Crippen LogP contribution in [0.5, 0.6) is 17.2 Å². The number of amides is 1. The molecule has 0 saturated heterocycles. The molecule has 0 aliphatic carbocycles. The van der Waals surface area contributed by atoms with Gasteiger partial charge in [-0.2, -0.15) is 0 Å². The van der Waals surface area contributed by atoms with Gasteiger partial charge in [0.1, 0.15) is 35.2 Å². The number of methoxy groups -OCH3 is 1. The number of aryl methyl sites for hydroxylation is 1. The maximum absolute atomic E-state index is 14.0. The number of rotatable bonds is 9. The minimum atomic E-state index is -0.774.